The Bertz CT molecular complexity index is 1370. The van der Waals surface area contributed by atoms with Crippen LogP contribution < -0.4 is 10.3 Å². The maximum atomic E-state index is 12.9. The van der Waals surface area contributed by atoms with Gasteiger partial charge in [-0.3, -0.25) is 4.79 Å². The van der Waals surface area contributed by atoms with Gasteiger partial charge in [-0.05, 0) is 60.9 Å². The highest BCUT2D eigenvalue weighted by Gasteiger charge is 2.23. The maximum Gasteiger partial charge on any atom is 0.259 e. The lowest BCUT2D eigenvalue weighted by molar-refractivity contribution is 0.415. The van der Waals surface area contributed by atoms with Crippen LogP contribution in [-0.2, 0) is 25.1 Å². The fraction of sp³-hybridized carbons (Fsp3) is 0.440. The van der Waals surface area contributed by atoms with Crippen LogP contribution in [0.4, 0.5) is 0 Å². The Labute approximate surface area is 207 Å². The molecule has 0 radical (unpaired) electrons. The number of aromatic nitrogens is 5. The van der Waals surface area contributed by atoms with Crippen LogP contribution in [0.3, 0.4) is 0 Å². The second-order valence-electron chi connectivity index (χ2n) is 9.37. The Morgan fingerprint density at radius 1 is 1.26 bits per heavy atom. The number of thioether (sulfide) groups is 1. The summed E-state index contributed by atoms with van der Waals surface area (Å²) >= 11 is 3.24. The summed E-state index contributed by atoms with van der Waals surface area (Å²) in [5.74, 6) is 3.95. The van der Waals surface area contributed by atoms with Gasteiger partial charge < -0.3 is 14.3 Å². The number of nitrogens with one attached hydrogen (secondary N) is 1. The molecule has 34 heavy (non-hydrogen) atoms. The van der Waals surface area contributed by atoms with E-state index < -0.39 is 0 Å². The van der Waals surface area contributed by atoms with Gasteiger partial charge in [0.15, 0.2) is 11.0 Å². The minimum Gasteiger partial charge on any atom is -0.497 e. The summed E-state index contributed by atoms with van der Waals surface area (Å²) < 4.78 is 7.43. The summed E-state index contributed by atoms with van der Waals surface area (Å²) in [5, 5.41) is 10.6. The largest absolute Gasteiger partial charge is 0.497 e. The maximum absolute atomic E-state index is 12.9. The summed E-state index contributed by atoms with van der Waals surface area (Å²) in [5.41, 5.74) is 2.19. The average Bonchev–Trinajstić information content (AvgIpc) is 3.37. The van der Waals surface area contributed by atoms with Gasteiger partial charge in [-0.1, -0.05) is 32.5 Å². The molecule has 178 valence electrons. The molecular weight excluding hydrogens is 466 g/mol. The molecule has 1 unspecified atom stereocenters. The van der Waals surface area contributed by atoms with Crippen molar-refractivity contribution in [3.63, 3.8) is 0 Å². The third-order valence-electron chi connectivity index (χ3n) is 6.17. The van der Waals surface area contributed by atoms with Gasteiger partial charge in [0.05, 0.1) is 18.2 Å². The van der Waals surface area contributed by atoms with Crippen LogP contribution >= 0.6 is 23.1 Å². The van der Waals surface area contributed by atoms with Crippen LogP contribution in [0.15, 0.2) is 34.2 Å². The van der Waals surface area contributed by atoms with Gasteiger partial charge in [-0.2, -0.15) is 0 Å². The third-order valence-corrected chi connectivity index (χ3v) is 8.29. The minimum atomic E-state index is -0.0183. The van der Waals surface area contributed by atoms with E-state index >= 15 is 0 Å². The lowest BCUT2D eigenvalue weighted by Gasteiger charge is -2.17. The molecule has 0 saturated carbocycles. The van der Waals surface area contributed by atoms with E-state index in [1.165, 1.54) is 10.4 Å². The number of fused-ring (bicyclic) bond motifs is 3. The van der Waals surface area contributed by atoms with Gasteiger partial charge in [0.1, 0.15) is 16.4 Å². The molecule has 4 aromatic rings. The Balaban J connectivity index is 1.42. The van der Waals surface area contributed by atoms with Crippen molar-refractivity contribution in [2.24, 2.45) is 11.8 Å². The van der Waals surface area contributed by atoms with E-state index in [1.807, 2.05) is 24.3 Å². The van der Waals surface area contributed by atoms with E-state index in [-0.39, 0.29) is 5.56 Å². The third kappa shape index (κ3) is 4.51. The van der Waals surface area contributed by atoms with E-state index in [0.717, 1.165) is 58.3 Å². The molecule has 5 rings (SSSR count). The highest BCUT2D eigenvalue weighted by atomic mass is 32.2. The molecule has 0 fully saturated rings. The first-order valence-corrected chi connectivity index (χ1v) is 13.5. The van der Waals surface area contributed by atoms with Crippen molar-refractivity contribution in [1.29, 1.82) is 0 Å². The first kappa shape index (κ1) is 23.1. The fourth-order valence-corrected chi connectivity index (χ4v) is 6.69. The molecule has 9 heteroatoms. The number of nitrogens with zero attached hydrogens (tertiary/aromatic N) is 4. The molecule has 1 aliphatic carbocycles. The molecule has 0 saturated heterocycles. The number of aryl methyl sites for hydroxylation is 1. The molecule has 3 aromatic heterocycles. The standard InChI is InChI=1S/C25H29N5O2S2/c1-14(2)12-30-22(16-6-8-17(32-4)9-7-16)28-29-25(30)33-13-20-26-23(31)21-18-10-5-15(3)11-19(18)34-24(21)27-20/h6-9,14-15H,5,10-13H2,1-4H3,(H,26,27,31). The summed E-state index contributed by atoms with van der Waals surface area (Å²) in [6.45, 7) is 7.44. The van der Waals surface area contributed by atoms with E-state index in [2.05, 4.69) is 40.5 Å². The van der Waals surface area contributed by atoms with E-state index in [9.17, 15) is 4.79 Å². The summed E-state index contributed by atoms with van der Waals surface area (Å²) in [6.07, 6.45) is 3.16. The Kier molecular flexibility index (Phi) is 6.48. The second kappa shape index (κ2) is 9.54. The predicted molar refractivity (Wildman–Crippen MR) is 138 cm³/mol. The smallest absolute Gasteiger partial charge is 0.259 e. The lowest BCUT2D eigenvalue weighted by Crippen LogP contribution is -2.14. The van der Waals surface area contributed by atoms with Crippen LogP contribution in [0, 0.1) is 11.8 Å². The zero-order valence-corrected chi connectivity index (χ0v) is 21.6. The van der Waals surface area contributed by atoms with Crippen LogP contribution in [0.25, 0.3) is 21.6 Å². The van der Waals surface area contributed by atoms with Gasteiger partial charge >= 0.3 is 0 Å². The quantitative estimate of drug-likeness (QED) is 0.349. The van der Waals surface area contributed by atoms with Crippen molar-refractivity contribution in [2.45, 2.75) is 57.5 Å². The molecule has 1 aliphatic rings. The highest BCUT2D eigenvalue weighted by molar-refractivity contribution is 7.98. The molecule has 0 amide bonds. The van der Waals surface area contributed by atoms with E-state index in [0.29, 0.717) is 23.4 Å². The number of rotatable bonds is 7. The summed E-state index contributed by atoms with van der Waals surface area (Å²) in [6, 6.07) is 7.87. The van der Waals surface area contributed by atoms with Crippen molar-refractivity contribution in [3.05, 3.63) is 50.9 Å². The fourth-order valence-electron chi connectivity index (χ4n) is 4.47. The Morgan fingerprint density at radius 3 is 2.79 bits per heavy atom. The number of hydrogen-bond donors (Lipinski definition) is 1. The summed E-state index contributed by atoms with van der Waals surface area (Å²) in [4.78, 5) is 23.0. The van der Waals surface area contributed by atoms with Gasteiger partial charge in [0.2, 0.25) is 0 Å². The van der Waals surface area contributed by atoms with Gasteiger partial charge in [-0.15, -0.1) is 21.5 Å². The van der Waals surface area contributed by atoms with Crippen molar-refractivity contribution >= 4 is 33.3 Å². The molecule has 3 heterocycles. The molecule has 0 aliphatic heterocycles. The van der Waals surface area contributed by atoms with Crippen molar-refractivity contribution in [1.82, 2.24) is 24.7 Å². The van der Waals surface area contributed by atoms with Crippen LogP contribution in [0.2, 0.25) is 0 Å². The van der Waals surface area contributed by atoms with Crippen molar-refractivity contribution in [3.8, 4) is 17.1 Å². The van der Waals surface area contributed by atoms with Crippen LogP contribution in [0.1, 0.15) is 43.5 Å². The molecule has 1 aromatic carbocycles. The number of benzene rings is 1. The molecule has 0 spiro atoms. The number of ether oxygens (including phenoxy) is 1. The van der Waals surface area contributed by atoms with E-state index in [1.54, 1.807) is 30.2 Å². The molecule has 7 nitrogen and oxygen atoms in total. The first-order valence-electron chi connectivity index (χ1n) is 11.7. The topological polar surface area (TPSA) is 85.7 Å². The first-order chi connectivity index (χ1) is 16.4. The summed E-state index contributed by atoms with van der Waals surface area (Å²) in [7, 11) is 1.66. The van der Waals surface area contributed by atoms with Crippen LogP contribution in [-0.4, -0.2) is 31.8 Å². The normalized spacial score (nSPS) is 15.7. The molecule has 1 N–H and O–H groups in total. The SMILES string of the molecule is COc1ccc(-c2nnc(SCc3nc4sc5c(c4c(=O)[nH]3)CCC(C)C5)n2CC(C)C)cc1. The van der Waals surface area contributed by atoms with E-state index in [4.69, 9.17) is 9.72 Å². The van der Waals surface area contributed by atoms with Crippen molar-refractivity contribution in [2.75, 3.05) is 7.11 Å². The number of thiophene rings is 1. The number of hydrogen-bond acceptors (Lipinski definition) is 7. The highest BCUT2D eigenvalue weighted by Crippen LogP contribution is 2.36. The van der Waals surface area contributed by atoms with Gasteiger partial charge in [-0.25, -0.2) is 4.98 Å². The Morgan fingerprint density at radius 2 is 2.06 bits per heavy atom. The van der Waals surface area contributed by atoms with Crippen LogP contribution in [0.5, 0.6) is 5.75 Å². The lowest BCUT2D eigenvalue weighted by atomic mass is 9.89. The zero-order valence-electron chi connectivity index (χ0n) is 19.9. The average molecular weight is 496 g/mol. The molecule has 1 atom stereocenters. The number of methoxy groups -OCH3 is 1. The number of aromatic amines is 1. The molecule has 0 bridgehead atoms. The van der Waals surface area contributed by atoms with Gasteiger partial charge in [0, 0.05) is 17.0 Å². The van der Waals surface area contributed by atoms with Crippen molar-refractivity contribution < 1.29 is 4.74 Å². The van der Waals surface area contributed by atoms with Gasteiger partial charge in [0.25, 0.3) is 5.56 Å². The monoisotopic (exact) mass is 495 g/mol. The number of H-pyrrole nitrogens is 1. The minimum absolute atomic E-state index is 0.0183. The zero-order chi connectivity index (χ0) is 23.8. The Hall–Kier alpha value is -2.65. The molecular formula is C25H29N5O2S2. The predicted octanol–water partition coefficient (Wildman–Crippen LogP) is 5.32. The second-order valence-corrected chi connectivity index (χ2v) is 11.4.